The Morgan fingerprint density at radius 3 is 1.30 bits per heavy atom. The lowest BCUT2D eigenvalue weighted by Gasteiger charge is -2.27. The fourth-order valence-electron chi connectivity index (χ4n) is 6.39. The zero-order valence-corrected chi connectivity index (χ0v) is 36.3. The van der Waals surface area contributed by atoms with Crippen LogP contribution in [-0.2, 0) is 9.59 Å². The highest BCUT2D eigenvalue weighted by Gasteiger charge is 2.16. The van der Waals surface area contributed by atoms with Crippen molar-refractivity contribution < 1.29 is 14.8 Å². The van der Waals surface area contributed by atoms with E-state index in [9.17, 15) is 9.59 Å². The van der Waals surface area contributed by atoms with Crippen molar-refractivity contribution in [1.29, 1.82) is 5.26 Å². The summed E-state index contributed by atoms with van der Waals surface area (Å²) in [6.07, 6.45) is 39.4. The molecule has 0 radical (unpaired) electrons. The highest BCUT2D eigenvalue weighted by molar-refractivity contribution is 5.79. The molecule has 0 spiro atoms. The Hall–Kier alpha value is -2.82. The molecule has 0 aromatic carbocycles. The molecule has 0 saturated carbocycles. The average molecular weight is 758 g/mol. The number of nitriles is 1. The van der Waals surface area contributed by atoms with Gasteiger partial charge in [-0.15, -0.1) is 0 Å². The van der Waals surface area contributed by atoms with E-state index in [1.807, 2.05) is 0 Å². The van der Waals surface area contributed by atoms with Crippen molar-refractivity contribution in [3.05, 3.63) is 24.3 Å². The van der Waals surface area contributed by atoms with Crippen molar-refractivity contribution in [2.24, 2.45) is 10.9 Å². The van der Waals surface area contributed by atoms with E-state index in [1.165, 1.54) is 70.6 Å². The molecule has 54 heavy (non-hydrogen) atoms. The molecule has 2 amide bonds. The van der Waals surface area contributed by atoms with Crippen LogP contribution in [0, 0.1) is 11.3 Å². The summed E-state index contributed by atoms with van der Waals surface area (Å²) in [6.45, 7) is 14.7. The molecule has 314 valence electrons. The van der Waals surface area contributed by atoms with Gasteiger partial charge in [0, 0.05) is 50.9 Å². The largest absolute Gasteiger partial charge is 0.409 e. The number of hydrogen-bond donors (Lipinski definition) is 2. The quantitative estimate of drug-likeness (QED) is 0.0166. The number of nitrogens with zero attached hydrogens (tertiary/aromatic N) is 4. The van der Waals surface area contributed by atoms with Crippen LogP contribution in [0.1, 0.15) is 221 Å². The summed E-state index contributed by atoms with van der Waals surface area (Å²) < 4.78 is 0. The third-order valence-corrected chi connectivity index (χ3v) is 9.84. The summed E-state index contributed by atoms with van der Waals surface area (Å²) in [5, 5.41) is 19.9. The van der Waals surface area contributed by atoms with Gasteiger partial charge < -0.3 is 20.7 Å². The normalized spacial score (nSPS) is 11.7. The first kappa shape index (κ1) is 53.3. The molecule has 0 aliphatic heterocycles. The van der Waals surface area contributed by atoms with Crippen LogP contribution in [0.4, 0.5) is 0 Å². The zero-order valence-electron chi connectivity index (χ0n) is 36.3. The molecule has 0 saturated heterocycles. The maximum Gasteiger partial charge on any atom is 0.222 e. The van der Waals surface area contributed by atoms with Gasteiger partial charge in [-0.25, -0.2) is 0 Å². The molecule has 8 heteroatoms. The lowest BCUT2D eigenvalue weighted by molar-refractivity contribution is -0.134. The van der Waals surface area contributed by atoms with Gasteiger partial charge >= 0.3 is 0 Å². The standard InChI is InChI=1S/C23H45N3O2.C23H42N2O/c1-4-5-6-16-19-23(27)26(21(2)3)20-17-14-12-10-8-7-9-11-13-15-18-22(24)25-28;1-4-5-6-16-19-23(26)25(22(2)3)21-18-15-13-11-9-7-8-10-12-14-17-20-24/h8,10,21,28H,4-7,9,11-20H2,1-3H3,(H2,24,25);9,11,22H,4-8,10,12-19,21H2,1-3H3/b10-8-;11-9-. The van der Waals surface area contributed by atoms with Crippen LogP contribution in [-0.4, -0.2) is 57.8 Å². The van der Waals surface area contributed by atoms with Gasteiger partial charge in [0.05, 0.1) is 6.07 Å². The molecule has 8 nitrogen and oxygen atoms in total. The van der Waals surface area contributed by atoms with Gasteiger partial charge in [0.2, 0.25) is 11.8 Å². The molecule has 0 aliphatic carbocycles. The Kier molecular flexibility index (Phi) is 40.8. The average Bonchev–Trinajstić information content (AvgIpc) is 3.15. The van der Waals surface area contributed by atoms with E-state index in [-0.39, 0.29) is 0 Å². The molecule has 3 N–H and O–H groups in total. The number of carbonyl (C=O) groups is 2. The van der Waals surface area contributed by atoms with Gasteiger partial charge in [-0.1, -0.05) is 108 Å². The van der Waals surface area contributed by atoms with E-state index < -0.39 is 0 Å². The van der Waals surface area contributed by atoms with E-state index in [2.05, 4.69) is 86.9 Å². The van der Waals surface area contributed by atoms with Gasteiger partial charge in [0.15, 0.2) is 0 Å². The van der Waals surface area contributed by atoms with Gasteiger partial charge in [0.25, 0.3) is 0 Å². The topological polar surface area (TPSA) is 123 Å². The number of hydrogen-bond acceptors (Lipinski definition) is 5. The monoisotopic (exact) mass is 758 g/mol. The highest BCUT2D eigenvalue weighted by atomic mass is 16.4. The van der Waals surface area contributed by atoms with Crippen molar-refractivity contribution >= 4 is 17.6 Å². The molecule has 0 aromatic heterocycles. The van der Waals surface area contributed by atoms with Crippen molar-refractivity contribution in [3.63, 3.8) is 0 Å². The predicted molar refractivity (Wildman–Crippen MR) is 232 cm³/mol. The minimum Gasteiger partial charge on any atom is -0.409 e. The van der Waals surface area contributed by atoms with E-state index >= 15 is 0 Å². The Bertz CT molecular complexity index is 985. The number of rotatable bonds is 35. The van der Waals surface area contributed by atoms with Crippen LogP contribution in [0.25, 0.3) is 0 Å². The van der Waals surface area contributed by atoms with Crippen molar-refractivity contribution in [2.45, 2.75) is 233 Å². The van der Waals surface area contributed by atoms with E-state index in [0.717, 1.165) is 96.6 Å². The Morgan fingerprint density at radius 2 is 0.926 bits per heavy atom. The fourth-order valence-corrected chi connectivity index (χ4v) is 6.39. The molecule has 0 aliphatic rings. The summed E-state index contributed by atoms with van der Waals surface area (Å²) in [7, 11) is 0. The molecule has 0 rings (SSSR count). The highest BCUT2D eigenvalue weighted by Crippen LogP contribution is 2.13. The Balaban J connectivity index is 0. The first-order chi connectivity index (χ1) is 26.2. The van der Waals surface area contributed by atoms with Gasteiger partial charge in [0.1, 0.15) is 5.84 Å². The van der Waals surface area contributed by atoms with Crippen molar-refractivity contribution in [2.75, 3.05) is 13.1 Å². The second kappa shape index (κ2) is 41.3. The number of allylic oxidation sites excluding steroid dienone is 4. The first-order valence-electron chi connectivity index (χ1n) is 22.4. The maximum atomic E-state index is 12.4. The third kappa shape index (κ3) is 36.2. The maximum absolute atomic E-state index is 12.4. The molecule has 0 bridgehead atoms. The van der Waals surface area contributed by atoms with Gasteiger partial charge in [-0.3, -0.25) is 9.59 Å². The lowest BCUT2D eigenvalue weighted by atomic mass is 10.1. The Morgan fingerprint density at radius 1 is 0.574 bits per heavy atom. The Labute approximate surface area is 334 Å². The van der Waals surface area contributed by atoms with Crippen molar-refractivity contribution in [3.8, 4) is 6.07 Å². The zero-order chi connectivity index (χ0) is 40.5. The second-order valence-corrected chi connectivity index (χ2v) is 15.6. The number of amides is 2. The minimum absolute atomic E-state index is 0.299. The first-order valence-corrected chi connectivity index (χ1v) is 22.4. The van der Waals surface area contributed by atoms with Crippen LogP contribution in [0.15, 0.2) is 29.5 Å². The molecular formula is C46H87N5O3. The van der Waals surface area contributed by atoms with Crippen LogP contribution >= 0.6 is 0 Å². The predicted octanol–water partition coefficient (Wildman–Crippen LogP) is 12.8. The molecule has 0 fully saturated rings. The SMILES string of the molecule is CCCCCCC(=O)N(CCCC/C=C\CCCCCC/C(N)=N/O)C(C)C.CCCCCCC(=O)N(CCCC/C=C\CCCCCCC#N)C(C)C. The number of oxime groups is 1. The number of amidine groups is 1. The van der Waals surface area contributed by atoms with E-state index in [1.54, 1.807) is 0 Å². The van der Waals surface area contributed by atoms with Crippen molar-refractivity contribution in [1.82, 2.24) is 9.80 Å². The fraction of sp³-hybridized carbons (Fsp3) is 0.826. The summed E-state index contributed by atoms with van der Waals surface area (Å²) in [4.78, 5) is 28.9. The van der Waals surface area contributed by atoms with E-state index in [4.69, 9.17) is 16.2 Å². The van der Waals surface area contributed by atoms with E-state index in [0.29, 0.717) is 55.4 Å². The summed E-state index contributed by atoms with van der Waals surface area (Å²) >= 11 is 0. The van der Waals surface area contributed by atoms with Crippen LogP contribution in [0.5, 0.6) is 0 Å². The lowest BCUT2D eigenvalue weighted by Crippen LogP contribution is -2.37. The van der Waals surface area contributed by atoms with Crippen LogP contribution in [0.3, 0.4) is 0 Å². The molecule has 0 aromatic rings. The van der Waals surface area contributed by atoms with Crippen LogP contribution in [0.2, 0.25) is 0 Å². The summed E-state index contributed by atoms with van der Waals surface area (Å²) in [5.74, 6) is 0.992. The molecule has 0 unspecified atom stereocenters. The number of carbonyl (C=O) groups excluding carboxylic acids is 2. The van der Waals surface area contributed by atoms with Gasteiger partial charge in [-0.2, -0.15) is 5.26 Å². The summed E-state index contributed by atoms with van der Waals surface area (Å²) in [6, 6.07) is 2.81. The number of unbranched alkanes of at least 4 members (excludes halogenated alkanes) is 19. The molecular weight excluding hydrogens is 671 g/mol. The van der Waals surface area contributed by atoms with Crippen LogP contribution < -0.4 is 5.73 Å². The third-order valence-electron chi connectivity index (χ3n) is 9.84. The van der Waals surface area contributed by atoms with Gasteiger partial charge in [-0.05, 0) is 118 Å². The number of nitrogens with two attached hydrogens (primary N) is 1. The smallest absolute Gasteiger partial charge is 0.222 e. The minimum atomic E-state index is 0.299. The second-order valence-electron chi connectivity index (χ2n) is 15.6. The molecule has 0 heterocycles. The molecule has 0 atom stereocenters. The summed E-state index contributed by atoms with van der Waals surface area (Å²) in [5.41, 5.74) is 5.44.